The Kier molecular flexibility index (Phi) is 3.20. The molecule has 0 saturated carbocycles. The molecule has 16 heavy (non-hydrogen) atoms. The standard InChI is InChI=1S/C13H16ClNO/c1-9(2)12-6-7-13(16)15(12)11-5-3-4-10(14)8-11/h3-5,8-9,12H,6-7H2,1-2H3. The Balaban J connectivity index is 2.33. The van der Waals surface area contributed by atoms with Gasteiger partial charge in [0.2, 0.25) is 5.91 Å². The predicted octanol–water partition coefficient (Wildman–Crippen LogP) is 3.49. The average molecular weight is 238 g/mol. The first-order chi connectivity index (χ1) is 7.59. The number of carbonyl (C=O) groups is 1. The Morgan fingerprint density at radius 1 is 1.44 bits per heavy atom. The van der Waals surface area contributed by atoms with Gasteiger partial charge in [-0.15, -0.1) is 0 Å². The third kappa shape index (κ3) is 2.07. The minimum atomic E-state index is 0.209. The van der Waals surface area contributed by atoms with Crippen molar-refractivity contribution in [1.29, 1.82) is 0 Å². The van der Waals surface area contributed by atoms with E-state index in [1.165, 1.54) is 0 Å². The van der Waals surface area contributed by atoms with E-state index in [1.54, 1.807) is 0 Å². The molecule has 1 saturated heterocycles. The Hall–Kier alpha value is -1.02. The quantitative estimate of drug-likeness (QED) is 0.771. The molecule has 86 valence electrons. The summed E-state index contributed by atoms with van der Waals surface area (Å²) in [5.41, 5.74) is 0.925. The smallest absolute Gasteiger partial charge is 0.227 e. The van der Waals surface area contributed by atoms with Crippen LogP contribution in [0.25, 0.3) is 0 Å². The number of anilines is 1. The number of amides is 1. The van der Waals surface area contributed by atoms with Crippen molar-refractivity contribution in [2.75, 3.05) is 4.90 Å². The molecule has 2 rings (SSSR count). The van der Waals surface area contributed by atoms with E-state index in [9.17, 15) is 4.79 Å². The maximum atomic E-state index is 11.9. The van der Waals surface area contributed by atoms with Gasteiger partial charge in [0.1, 0.15) is 0 Å². The first-order valence-electron chi connectivity index (χ1n) is 5.67. The molecule has 1 amide bonds. The van der Waals surface area contributed by atoms with Gasteiger partial charge in [-0.3, -0.25) is 4.79 Å². The Labute approximate surface area is 101 Å². The van der Waals surface area contributed by atoms with Crippen molar-refractivity contribution in [3.8, 4) is 0 Å². The molecule has 2 nitrogen and oxygen atoms in total. The molecule has 1 aromatic carbocycles. The zero-order valence-corrected chi connectivity index (χ0v) is 10.4. The molecule has 0 aromatic heterocycles. The lowest BCUT2D eigenvalue weighted by Gasteiger charge is -2.27. The molecule has 0 spiro atoms. The molecule has 3 heteroatoms. The lowest BCUT2D eigenvalue weighted by molar-refractivity contribution is -0.117. The summed E-state index contributed by atoms with van der Waals surface area (Å²) in [5, 5.41) is 0.680. The van der Waals surface area contributed by atoms with Crippen molar-refractivity contribution >= 4 is 23.2 Å². The van der Waals surface area contributed by atoms with Gasteiger partial charge >= 0.3 is 0 Å². The fourth-order valence-corrected chi connectivity index (χ4v) is 2.48. The molecule has 1 unspecified atom stereocenters. The SMILES string of the molecule is CC(C)C1CCC(=O)N1c1cccc(Cl)c1. The van der Waals surface area contributed by atoms with Crippen molar-refractivity contribution in [2.45, 2.75) is 32.7 Å². The van der Waals surface area contributed by atoms with E-state index in [4.69, 9.17) is 11.6 Å². The van der Waals surface area contributed by atoms with Gasteiger partial charge in [-0.2, -0.15) is 0 Å². The maximum Gasteiger partial charge on any atom is 0.227 e. The summed E-state index contributed by atoms with van der Waals surface area (Å²) in [4.78, 5) is 13.8. The number of nitrogens with zero attached hydrogens (tertiary/aromatic N) is 1. The van der Waals surface area contributed by atoms with Crippen LogP contribution in [-0.4, -0.2) is 11.9 Å². The monoisotopic (exact) mass is 237 g/mol. The summed E-state index contributed by atoms with van der Waals surface area (Å²) in [5.74, 6) is 0.686. The topological polar surface area (TPSA) is 20.3 Å². The molecular formula is C13H16ClNO. The lowest BCUT2D eigenvalue weighted by Crippen LogP contribution is -2.36. The fraction of sp³-hybridized carbons (Fsp3) is 0.462. The molecule has 1 aliphatic rings. The number of benzene rings is 1. The Morgan fingerprint density at radius 2 is 2.19 bits per heavy atom. The highest BCUT2D eigenvalue weighted by Gasteiger charge is 2.33. The summed E-state index contributed by atoms with van der Waals surface area (Å²) in [6.45, 7) is 4.31. The van der Waals surface area contributed by atoms with Crippen LogP contribution in [0.15, 0.2) is 24.3 Å². The maximum absolute atomic E-state index is 11.9. The zero-order chi connectivity index (χ0) is 11.7. The normalized spacial score (nSPS) is 20.9. The second kappa shape index (κ2) is 4.46. The van der Waals surface area contributed by atoms with Gasteiger partial charge in [-0.1, -0.05) is 31.5 Å². The van der Waals surface area contributed by atoms with Gasteiger partial charge in [-0.25, -0.2) is 0 Å². The molecule has 1 aliphatic heterocycles. The van der Waals surface area contributed by atoms with E-state index in [2.05, 4.69) is 13.8 Å². The Morgan fingerprint density at radius 3 is 2.81 bits per heavy atom. The van der Waals surface area contributed by atoms with Crippen molar-refractivity contribution in [2.24, 2.45) is 5.92 Å². The second-order valence-corrected chi connectivity index (χ2v) is 5.03. The van der Waals surface area contributed by atoms with Crippen LogP contribution in [0.2, 0.25) is 5.02 Å². The molecule has 0 bridgehead atoms. The van der Waals surface area contributed by atoms with Crippen LogP contribution >= 0.6 is 11.6 Å². The third-order valence-electron chi connectivity index (χ3n) is 3.11. The average Bonchev–Trinajstić information content (AvgIpc) is 2.60. The van der Waals surface area contributed by atoms with E-state index in [0.717, 1.165) is 12.1 Å². The van der Waals surface area contributed by atoms with Crippen LogP contribution in [0.3, 0.4) is 0 Å². The van der Waals surface area contributed by atoms with Gasteiger partial charge < -0.3 is 4.90 Å². The van der Waals surface area contributed by atoms with Gasteiger partial charge in [0.25, 0.3) is 0 Å². The van der Waals surface area contributed by atoms with Gasteiger partial charge in [0, 0.05) is 23.2 Å². The first kappa shape index (κ1) is 11.5. The van der Waals surface area contributed by atoms with Crippen molar-refractivity contribution in [3.05, 3.63) is 29.3 Å². The van der Waals surface area contributed by atoms with E-state index in [-0.39, 0.29) is 5.91 Å². The van der Waals surface area contributed by atoms with Crippen molar-refractivity contribution < 1.29 is 4.79 Å². The van der Waals surface area contributed by atoms with Gasteiger partial charge in [-0.05, 0) is 30.5 Å². The number of hydrogen-bond donors (Lipinski definition) is 0. The number of halogens is 1. The minimum absolute atomic E-state index is 0.209. The van der Waals surface area contributed by atoms with Crippen LogP contribution in [0.1, 0.15) is 26.7 Å². The fourth-order valence-electron chi connectivity index (χ4n) is 2.30. The van der Waals surface area contributed by atoms with Gasteiger partial charge in [0.15, 0.2) is 0 Å². The van der Waals surface area contributed by atoms with Gasteiger partial charge in [0.05, 0.1) is 0 Å². The zero-order valence-electron chi connectivity index (χ0n) is 9.61. The number of carbonyl (C=O) groups excluding carboxylic acids is 1. The molecule has 1 fully saturated rings. The molecule has 0 N–H and O–H groups in total. The Bertz CT molecular complexity index is 403. The van der Waals surface area contributed by atoms with Crippen molar-refractivity contribution in [3.63, 3.8) is 0 Å². The molecule has 1 atom stereocenters. The summed E-state index contributed by atoms with van der Waals surface area (Å²) >= 11 is 5.96. The molecule has 0 radical (unpaired) electrons. The summed E-state index contributed by atoms with van der Waals surface area (Å²) < 4.78 is 0. The number of rotatable bonds is 2. The van der Waals surface area contributed by atoms with Crippen LogP contribution < -0.4 is 4.90 Å². The van der Waals surface area contributed by atoms with E-state index < -0.39 is 0 Å². The van der Waals surface area contributed by atoms with Crippen LogP contribution in [0, 0.1) is 5.92 Å². The molecular weight excluding hydrogens is 222 g/mol. The lowest BCUT2D eigenvalue weighted by atomic mass is 10.0. The largest absolute Gasteiger partial charge is 0.309 e. The summed E-state index contributed by atoms with van der Waals surface area (Å²) in [6, 6.07) is 7.84. The first-order valence-corrected chi connectivity index (χ1v) is 6.05. The predicted molar refractivity (Wildman–Crippen MR) is 66.8 cm³/mol. The van der Waals surface area contributed by atoms with E-state index in [1.807, 2.05) is 29.2 Å². The van der Waals surface area contributed by atoms with Crippen LogP contribution in [0.5, 0.6) is 0 Å². The molecule has 0 aliphatic carbocycles. The molecule has 1 heterocycles. The van der Waals surface area contributed by atoms with E-state index >= 15 is 0 Å². The minimum Gasteiger partial charge on any atom is -0.309 e. The summed E-state index contributed by atoms with van der Waals surface area (Å²) in [7, 11) is 0. The van der Waals surface area contributed by atoms with Crippen molar-refractivity contribution in [1.82, 2.24) is 0 Å². The summed E-state index contributed by atoms with van der Waals surface area (Å²) in [6.07, 6.45) is 1.60. The highest BCUT2D eigenvalue weighted by molar-refractivity contribution is 6.30. The van der Waals surface area contributed by atoms with Crippen LogP contribution in [-0.2, 0) is 4.79 Å². The second-order valence-electron chi connectivity index (χ2n) is 4.59. The van der Waals surface area contributed by atoms with E-state index in [0.29, 0.717) is 23.4 Å². The van der Waals surface area contributed by atoms with Crippen LogP contribution in [0.4, 0.5) is 5.69 Å². The third-order valence-corrected chi connectivity index (χ3v) is 3.35. The highest BCUT2D eigenvalue weighted by Crippen LogP contribution is 2.31. The molecule has 1 aromatic rings. The number of hydrogen-bond acceptors (Lipinski definition) is 1. The highest BCUT2D eigenvalue weighted by atomic mass is 35.5.